The van der Waals surface area contributed by atoms with Crippen molar-refractivity contribution in [3.63, 3.8) is 0 Å². The van der Waals surface area contributed by atoms with Crippen LogP contribution in [0.1, 0.15) is 20.3 Å². The highest BCUT2D eigenvalue weighted by atomic mass is 16.7. The maximum absolute atomic E-state index is 10.5. The van der Waals surface area contributed by atoms with E-state index in [4.69, 9.17) is 4.74 Å². The van der Waals surface area contributed by atoms with Gasteiger partial charge >= 0.3 is 5.97 Å². The van der Waals surface area contributed by atoms with Crippen molar-refractivity contribution >= 4 is 11.7 Å². The van der Waals surface area contributed by atoms with E-state index in [-0.39, 0.29) is 18.5 Å². The highest BCUT2D eigenvalue weighted by Crippen LogP contribution is 2.03. The Kier molecular flexibility index (Phi) is 2.59. The van der Waals surface area contributed by atoms with Gasteiger partial charge in [0.05, 0.1) is 24.8 Å². The van der Waals surface area contributed by atoms with Gasteiger partial charge in [0.15, 0.2) is 0 Å². The highest BCUT2D eigenvalue weighted by Gasteiger charge is 2.17. The summed E-state index contributed by atoms with van der Waals surface area (Å²) in [7, 11) is 0. The second kappa shape index (κ2) is 3.48. The van der Waals surface area contributed by atoms with Crippen molar-refractivity contribution in [2.75, 3.05) is 6.61 Å². The molecule has 1 heterocycles. The fourth-order valence-electron chi connectivity index (χ4n) is 0.687. The molecule has 0 aromatic heterocycles. The van der Waals surface area contributed by atoms with E-state index < -0.39 is 0 Å². The van der Waals surface area contributed by atoms with Crippen molar-refractivity contribution in [2.24, 2.45) is 5.16 Å². The topological polar surface area (TPSA) is 47.9 Å². The molecule has 0 saturated carbocycles. The first-order valence-electron chi connectivity index (χ1n) is 3.55. The molecule has 0 aromatic rings. The van der Waals surface area contributed by atoms with Gasteiger partial charge in [0.2, 0.25) is 0 Å². The molecule has 0 amide bonds. The van der Waals surface area contributed by atoms with Crippen LogP contribution in [-0.4, -0.2) is 24.4 Å². The molecule has 0 aliphatic carbocycles. The molecule has 0 saturated heterocycles. The number of hydrogen-bond donors (Lipinski definition) is 0. The normalized spacial score (nSPS) is 17.0. The zero-order chi connectivity index (χ0) is 8.27. The van der Waals surface area contributed by atoms with E-state index in [9.17, 15) is 4.79 Å². The maximum atomic E-state index is 10.5. The van der Waals surface area contributed by atoms with Crippen molar-refractivity contribution in [2.45, 2.75) is 26.4 Å². The van der Waals surface area contributed by atoms with E-state index in [0.717, 1.165) is 0 Å². The van der Waals surface area contributed by atoms with Gasteiger partial charge in [0.25, 0.3) is 0 Å². The largest absolute Gasteiger partial charge is 0.373 e. The summed E-state index contributed by atoms with van der Waals surface area (Å²) in [6, 6.07) is 0. The van der Waals surface area contributed by atoms with Crippen molar-refractivity contribution < 1.29 is 14.4 Å². The Balaban J connectivity index is 2.23. The minimum Gasteiger partial charge on any atom is -0.373 e. The smallest absolute Gasteiger partial charge is 0.340 e. The SMILES string of the molecule is CC(C)OCC1=NOC(=O)C1. The van der Waals surface area contributed by atoms with Gasteiger partial charge in [-0.25, -0.2) is 4.79 Å². The van der Waals surface area contributed by atoms with Crippen LogP contribution in [0.4, 0.5) is 0 Å². The molecule has 0 radical (unpaired) electrons. The van der Waals surface area contributed by atoms with Crippen LogP contribution in [0.2, 0.25) is 0 Å². The average Bonchev–Trinajstić information content (AvgIpc) is 2.31. The minimum atomic E-state index is -0.299. The first-order valence-corrected chi connectivity index (χ1v) is 3.55. The molecule has 0 bridgehead atoms. The van der Waals surface area contributed by atoms with Crippen LogP contribution in [0.5, 0.6) is 0 Å². The number of carbonyl (C=O) groups excluding carboxylic acids is 1. The lowest BCUT2D eigenvalue weighted by Crippen LogP contribution is -2.12. The number of nitrogens with zero attached hydrogens (tertiary/aromatic N) is 1. The second-order valence-electron chi connectivity index (χ2n) is 2.66. The van der Waals surface area contributed by atoms with Gasteiger partial charge < -0.3 is 9.57 Å². The van der Waals surface area contributed by atoms with E-state index in [2.05, 4.69) is 9.99 Å². The summed E-state index contributed by atoms with van der Waals surface area (Å²) >= 11 is 0. The summed E-state index contributed by atoms with van der Waals surface area (Å²) in [4.78, 5) is 14.9. The fourth-order valence-corrected chi connectivity index (χ4v) is 0.687. The predicted molar refractivity (Wildman–Crippen MR) is 39.2 cm³/mol. The van der Waals surface area contributed by atoms with E-state index in [0.29, 0.717) is 12.3 Å². The molecule has 62 valence electrons. The van der Waals surface area contributed by atoms with Crippen molar-refractivity contribution in [1.82, 2.24) is 0 Å². The Bertz CT molecular complexity index is 186. The Morgan fingerprint density at radius 3 is 2.91 bits per heavy atom. The molecule has 1 aliphatic rings. The van der Waals surface area contributed by atoms with Crippen LogP contribution in [0.25, 0.3) is 0 Å². The number of rotatable bonds is 3. The lowest BCUT2D eigenvalue weighted by Gasteiger charge is -2.04. The Morgan fingerprint density at radius 1 is 1.73 bits per heavy atom. The van der Waals surface area contributed by atoms with Gasteiger partial charge in [-0.05, 0) is 13.8 Å². The predicted octanol–water partition coefficient (Wildman–Crippen LogP) is 0.714. The number of oxime groups is 1. The third-order valence-corrected chi connectivity index (χ3v) is 1.21. The van der Waals surface area contributed by atoms with Crippen LogP contribution in [0, 0.1) is 0 Å². The van der Waals surface area contributed by atoms with E-state index in [1.54, 1.807) is 0 Å². The van der Waals surface area contributed by atoms with Crippen LogP contribution in [-0.2, 0) is 14.4 Å². The van der Waals surface area contributed by atoms with E-state index in [1.165, 1.54) is 0 Å². The number of ether oxygens (including phenoxy) is 1. The quantitative estimate of drug-likeness (QED) is 0.567. The summed E-state index contributed by atoms with van der Waals surface area (Å²) in [5.74, 6) is -0.299. The fraction of sp³-hybridized carbons (Fsp3) is 0.714. The summed E-state index contributed by atoms with van der Waals surface area (Å²) < 4.78 is 5.21. The third-order valence-electron chi connectivity index (χ3n) is 1.21. The molecule has 11 heavy (non-hydrogen) atoms. The molecular formula is C7H11NO3. The van der Waals surface area contributed by atoms with Gasteiger partial charge in [0.1, 0.15) is 0 Å². The molecule has 0 unspecified atom stereocenters. The molecule has 0 fully saturated rings. The molecule has 4 nitrogen and oxygen atoms in total. The zero-order valence-electron chi connectivity index (χ0n) is 6.66. The second-order valence-corrected chi connectivity index (χ2v) is 2.66. The summed E-state index contributed by atoms with van der Waals surface area (Å²) in [5.41, 5.74) is 0.670. The zero-order valence-corrected chi connectivity index (χ0v) is 6.66. The summed E-state index contributed by atoms with van der Waals surface area (Å²) in [6.07, 6.45) is 0.431. The maximum Gasteiger partial charge on any atom is 0.340 e. The van der Waals surface area contributed by atoms with E-state index in [1.807, 2.05) is 13.8 Å². The first-order chi connectivity index (χ1) is 5.18. The standard InChI is InChI=1S/C7H11NO3/c1-5(2)10-4-6-3-7(9)11-8-6/h5H,3-4H2,1-2H3. The third kappa shape index (κ3) is 2.67. The lowest BCUT2D eigenvalue weighted by atomic mass is 10.3. The molecule has 1 rings (SSSR count). The molecule has 0 N–H and O–H groups in total. The first kappa shape index (κ1) is 8.20. The highest BCUT2D eigenvalue weighted by molar-refractivity contribution is 6.02. The molecule has 0 spiro atoms. The van der Waals surface area contributed by atoms with Gasteiger partial charge in [-0.15, -0.1) is 0 Å². The molecule has 0 aromatic carbocycles. The van der Waals surface area contributed by atoms with Gasteiger partial charge in [-0.1, -0.05) is 5.16 Å². The monoisotopic (exact) mass is 157 g/mol. The lowest BCUT2D eigenvalue weighted by molar-refractivity contribution is -0.140. The molecular weight excluding hydrogens is 146 g/mol. The minimum absolute atomic E-state index is 0.161. The Labute approximate surface area is 65.2 Å². The van der Waals surface area contributed by atoms with Crippen LogP contribution >= 0.6 is 0 Å². The summed E-state index contributed by atoms with van der Waals surface area (Å²) in [6.45, 7) is 4.25. The number of carbonyl (C=O) groups is 1. The average molecular weight is 157 g/mol. The molecule has 1 aliphatic heterocycles. The van der Waals surface area contributed by atoms with Gasteiger partial charge in [-0.3, -0.25) is 0 Å². The Hall–Kier alpha value is -0.900. The van der Waals surface area contributed by atoms with E-state index >= 15 is 0 Å². The van der Waals surface area contributed by atoms with Gasteiger partial charge in [-0.2, -0.15) is 0 Å². The van der Waals surface area contributed by atoms with Crippen LogP contribution < -0.4 is 0 Å². The summed E-state index contributed by atoms with van der Waals surface area (Å²) in [5, 5.41) is 3.53. The van der Waals surface area contributed by atoms with Crippen LogP contribution in [0.15, 0.2) is 5.16 Å². The molecule has 4 heteroatoms. The van der Waals surface area contributed by atoms with Crippen molar-refractivity contribution in [3.8, 4) is 0 Å². The van der Waals surface area contributed by atoms with Crippen molar-refractivity contribution in [1.29, 1.82) is 0 Å². The Morgan fingerprint density at radius 2 is 2.45 bits per heavy atom. The van der Waals surface area contributed by atoms with Crippen molar-refractivity contribution in [3.05, 3.63) is 0 Å². The molecule has 0 atom stereocenters. The van der Waals surface area contributed by atoms with Crippen LogP contribution in [0.3, 0.4) is 0 Å². The number of hydrogen-bond acceptors (Lipinski definition) is 4. The van der Waals surface area contributed by atoms with Gasteiger partial charge in [0, 0.05) is 0 Å².